The van der Waals surface area contributed by atoms with E-state index in [1.165, 1.54) is 12.8 Å². The van der Waals surface area contributed by atoms with Gasteiger partial charge in [0.2, 0.25) is 11.8 Å². The molecule has 1 aliphatic carbocycles. The highest BCUT2D eigenvalue weighted by Crippen LogP contribution is 2.30. The topological polar surface area (TPSA) is 58.2 Å². The number of piperidine rings is 1. The van der Waals surface area contributed by atoms with Crippen LogP contribution >= 0.6 is 0 Å². The summed E-state index contributed by atoms with van der Waals surface area (Å²) in [4.78, 5) is 22.8. The number of hydrogen-bond donors (Lipinski definition) is 2. The van der Waals surface area contributed by atoms with Crippen LogP contribution in [0.5, 0.6) is 0 Å². The molecule has 2 aliphatic rings. The van der Waals surface area contributed by atoms with Crippen LogP contribution in [0.4, 0.5) is 0 Å². The van der Waals surface area contributed by atoms with Gasteiger partial charge in [-0.3, -0.25) is 14.9 Å². The van der Waals surface area contributed by atoms with Crippen molar-refractivity contribution in [2.45, 2.75) is 64.5 Å². The quantitative estimate of drug-likeness (QED) is 0.750. The minimum absolute atomic E-state index is 0.137. The number of amides is 2. The lowest BCUT2D eigenvalue weighted by molar-refractivity contribution is -0.135. The van der Waals surface area contributed by atoms with Crippen LogP contribution in [0.25, 0.3) is 0 Å². The third-order valence-electron chi connectivity index (χ3n) is 4.33. The molecular weight excluding hydrogens is 228 g/mol. The first kappa shape index (κ1) is 13.5. The van der Waals surface area contributed by atoms with E-state index in [-0.39, 0.29) is 17.9 Å². The van der Waals surface area contributed by atoms with Crippen LogP contribution in [0.15, 0.2) is 0 Å². The zero-order valence-electron chi connectivity index (χ0n) is 11.4. The summed E-state index contributed by atoms with van der Waals surface area (Å²) in [6.07, 6.45) is 5.98. The second kappa shape index (κ2) is 5.83. The van der Waals surface area contributed by atoms with E-state index in [2.05, 4.69) is 24.5 Å². The van der Waals surface area contributed by atoms with E-state index >= 15 is 0 Å². The zero-order chi connectivity index (χ0) is 13.1. The van der Waals surface area contributed by atoms with E-state index < -0.39 is 0 Å². The molecule has 102 valence electrons. The van der Waals surface area contributed by atoms with E-state index in [0.717, 1.165) is 24.7 Å². The van der Waals surface area contributed by atoms with E-state index in [4.69, 9.17) is 0 Å². The lowest BCUT2D eigenvalue weighted by Crippen LogP contribution is -2.54. The zero-order valence-corrected chi connectivity index (χ0v) is 11.4. The van der Waals surface area contributed by atoms with Gasteiger partial charge >= 0.3 is 0 Å². The Kier molecular flexibility index (Phi) is 4.38. The van der Waals surface area contributed by atoms with Gasteiger partial charge < -0.3 is 5.32 Å². The van der Waals surface area contributed by atoms with Crippen molar-refractivity contribution in [3.05, 3.63) is 0 Å². The van der Waals surface area contributed by atoms with Crippen molar-refractivity contribution in [1.29, 1.82) is 0 Å². The Labute approximate surface area is 109 Å². The van der Waals surface area contributed by atoms with Crippen molar-refractivity contribution in [3.8, 4) is 0 Å². The molecule has 4 nitrogen and oxygen atoms in total. The van der Waals surface area contributed by atoms with Gasteiger partial charge in [-0.25, -0.2) is 0 Å². The largest absolute Gasteiger partial charge is 0.303 e. The molecule has 0 aromatic rings. The van der Waals surface area contributed by atoms with Crippen LogP contribution in [0.1, 0.15) is 52.4 Å². The van der Waals surface area contributed by atoms with Crippen LogP contribution in [0, 0.1) is 11.8 Å². The maximum atomic E-state index is 11.7. The molecule has 0 aromatic heterocycles. The van der Waals surface area contributed by atoms with E-state index in [0.29, 0.717) is 18.9 Å². The summed E-state index contributed by atoms with van der Waals surface area (Å²) in [6.45, 7) is 4.55. The molecule has 18 heavy (non-hydrogen) atoms. The highest BCUT2D eigenvalue weighted by atomic mass is 16.2. The Bertz CT molecular complexity index is 328. The minimum atomic E-state index is -0.168. The molecule has 2 amide bonds. The fraction of sp³-hybridized carbons (Fsp3) is 0.857. The molecule has 0 bridgehead atoms. The Hall–Kier alpha value is -0.900. The predicted octanol–water partition coefficient (Wildman–Crippen LogP) is 1.60. The van der Waals surface area contributed by atoms with Crippen molar-refractivity contribution >= 4 is 11.8 Å². The molecule has 4 heteroatoms. The van der Waals surface area contributed by atoms with Crippen molar-refractivity contribution in [2.24, 2.45) is 11.8 Å². The molecule has 1 heterocycles. The van der Waals surface area contributed by atoms with Gasteiger partial charge in [-0.2, -0.15) is 0 Å². The smallest absolute Gasteiger partial charge is 0.243 e. The van der Waals surface area contributed by atoms with Gasteiger partial charge in [0.05, 0.1) is 6.04 Å². The number of hydrogen-bond acceptors (Lipinski definition) is 3. The van der Waals surface area contributed by atoms with Gasteiger partial charge in [-0.1, -0.05) is 26.7 Å². The fourth-order valence-electron chi connectivity index (χ4n) is 3.12. The van der Waals surface area contributed by atoms with Gasteiger partial charge in [-0.05, 0) is 31.1 Å². The number of rotatable bonds is 3. The third kappa shape index (κ3) is 3.31. The average molecular weight is 252 g/mol. The Morgan fingerprint density at radius 1 is 1.22 bits per heavy atom. The molecule has 1 saturated carbocycles. The molecule has 2 N–H and O–H groups in total. The number of imide groups is 1. The molecule has 3 unspecified atom stereocenters. The van der Waals surface area contributed by atoms with Gasteiger partial charge in [0.25, 0.3) is 0 Å². The highest BCUT2D eigenvalue weighted by molar-refractivity contribution is 6.00. The van der Waals surface area contributed by atoms with E-state index in [1.807, 2.05) is 0 Å². The Balaban J connectivity index is 1.85. The summed E-state index contributed by atoms with van der Waals surface area (Å²) in [6, 6.07) is 0.272. The van der Waals surface area contributed by atoms with Crippen molar-refractivity contribution in [3.63, 3.8) is 0 Å². The van der Waals surface area contributed by atoms with Crippen molar-refractivity contribution < 1.29 is 9.59 Å². The number of carbonyl (C=O) groups is 2. The van der Waals surface area contributed by atoms with E-state index in [1.54, 1.807) is 0 Å². The SMILES string of the molecule is CC(C)C1CCCC(NC2CCC(=O)NC2=O)C1. The van der Waals surface area contributed by atoms with Crippen LogP contribution in [-0.4, -0.2) is 23.9 Å². The molecule has 0 spiro atoms. The predicted molar refractivity (Wildman–Crippen MR) is 69.9 cm³/mol. The second-order valence-corrected chi connectivity index (χ2v) is 6.04. The Morgan fingerprint density at radius 3 is 2.67 bits per heavy atom. The van der Waals surface area contributed by atoms with Crippen LogP contribution in [0.3, 0.4) is 0 Å². The van der Waals surface area contributed by atoms with Gasteiger partial charge in [0, 0.05) is 12.5 Å². The summed E-state index contributed by atoms with van der Waals surface area (Å²) in [7, 11) is 0. The van der Waals surface area contributed by atoms with Crippen LogP contribution in [0.2, 0.25) is 0 Å². The molecule has 0 aromatic carbocycles. The average Bonchev–Trinajstić information content (AvgIpc) is 2.33. The van der Waals surface area contributed by atoms with Crippen molar-refractivity contribution in [1.82, 2.24) is 10.6 Å². The monoisotopic (exact) mass is 252 g/mol. The molecule has 2 rings (SSSR count). The summed E-state index contributed by atoms with van der Waals surface area (Å²) in [5.74, 6) is 1.21. The van der Waals surface area contributed by atoms with Crippen LogP contribution < -0.4 is 10.6 Å². The lowest BCUT2D eigenvalue weighted by Gasteiger charge is -2.35. The summed E-state index contributed by atoms with van der Waals surface area (Å²) in [5, 5.41) is 5.86. The second-order valence-electron chi connectivity index (χ2n) is 6.04. The normalized spacial score (nSPS) is 33.6. The first-order chi connectivity index (χ1) is 8.56. The number of carbonyl (C=O) groups excluding carboxylic acids is 2. The lowest BCUT2D eigenvalue weighted by atomic mass is 9.79. The van der Waals surface area contributed by atoms with Gasteiger partial charge in [0.1, 0.15) is 0 Å². The summed E-state index contributed by atoms with van der Waals surface area (Å²) in [5.41, 5.74) is 0. The first-order valence-corrected chi connectivity index (χ1v) is 7.16. The molecular formula is C14H24N2O2. The standard InChI is InChI=1S/C14H24N2O2/c1-9(2)10-4-3-5-11(8-10)15-12-6-7-13(17)16-14(12)18/h9-12,15H,3-8H2,1-2H3,(H,16,17,18). The summed E-state index contributed by atoms with van der Waals surface area (Å²) >= 11 is 0. The molecule has 0 radical (unpaired) electrons. The number of nitrogens with one attached hydrogen (secondary N) is 2. The molecule has 3 atom stereocenters. The van der Waals surface area contributed by atoms with Gasteiger partial charge in [-0.15, -0.1) is 0 Å². The molecule has 1 saturated heterocycles. The highest BCUT2D eigenvalue weighted by Gasteiger charge is 2.31. The third-order valence-corrected chi connectivity index (χ3v) is 4.33. The van der Waals surface area contributed by atoms with Gasteiger partial charge in [0.15, 0.2) is 0 Å². The Morgan fingerprint density at radius 2 is 2.00 bits per heavy atom. The molecule has 2 fully saturated rings. The first-order valence-electron chi connectivity index (χ1n) is 7.16. The van der Waals surface area contributed by atoms with Crippen LogP contribution in [-0.2, 0) is 9.59 Å². The van der Waals surface area contributed by atoms with E-state index in [9.17, 15) is 9.59 Å². The summed E-state index contributed by atoms with van der Waals surface area (Å²) < 4.78 is 0. The van der Waals surface area contributed by atoms with Crippen molar-refractivity contribution in [2.75, 3.05) is 0 Å². The maximum absolute atomic E-state index is 11.7. The minimum Gasteiger partial charge on any atom is -0.303 e. The molecule has 1 aliphatic heterocycles. The fourth-order valence-corrected chi connectivity index (χ4v) is 3.12. The maximum Gasteiger partial charge on any atom is 0.243 e.